The molecule has 0 radical (unpaired) electrons. The Kier molecular flexibility index (Phi) is 3.79. The van der Waals surface area contributed by atoms with Crippen molar-refractivity contribution >= 4 is 20.5 Å². The highest BCUT2D eigenvalue weighted by Crippen LogP contribution is 2.29. The van der Waals surface area contributed by atoms with E-state index in [-0.39, 0.29) is 5.97 Å². The van der Waals surface area contributed by atoms with Crippen molar-refractivity contribution in [3.05, 3.63) is 41.5 Å². The van der Waals surface area contributed by atoms with Gasteiger partial charge >= 0.3 is 5.97 Å². The van der Waals surface area contributed by atoms with Gasteiger partial charge in [0.25, 0.3) is 0 Å². The first-order valence-corrected chi connectivity index (χ1v) is 7.67. The van der Waals surface area contributed by atoms with Gasteiger partial charge in [0, 0.05) is 13.5 Å². The highest BCUT2D eigenvalue weighted by atomic mass is 31.0. The highest BCUT2D eigenvalue weighted by Gasteiger charge is 2.39. The summed E-state index contributed by atoms with van der Waals surface area (Å²) in [4.78, 5) is 16.9. The lowest BCUT2D eigenvalue weighted by atomic mass is 9.97. The van der Waals surface area contributed by atoms with Gasteiger partial charge in [0.2, 0.25) is 0 Å². The Hall–Kier alpha value is -1.71. The molecule has 1 aliphatic rings. The zero-order valence-corrected chi connectivity index (χ0v) is 14.1. The molecule has 0 fully saturated rings. The van der Waals surface area contributed by atoms with Crippen LogP contribution in [0.3, 0.4) is 0 Å². The second-order valence-electron chi connectivity index (χ2n) is 5.87. The molecule has 0 bridgehead atoms. The van der Waals surface area contributed by atoms with Gasteiger partial charge in [0.15, 0.2) is 5.69 Å². The van der Waals surface area contributed by atoms with E-state index in [0.717, 1.165) is 22.2 Å². The summed E-state index contributed by atoms with van der Waals surface area (Å²) >= 11 is 0. The van der Waals surface area contributed by atoms with Crippen LogP contribution in [0.1, 0.15) is 28.7 Å². The van der Waals surface area contributed by atoms with Crippen LogP contribution in [0.2, 0.25) is 0 Å². The predicted molar refractivity (Wildman–Crippen MR) is 87.0 cm³/mol. The summed E-state index contributed by atoms with van der Waals surface area (Å²) in [6.07, 6.45) is 2.24. The third-order valence-corrected chi connectivity index (χ3v) is 4.68. The van der Waals surface area contributed by atoms with Crippen LogP contribution < -0.4 is 5.30 Å². The SMILES string of the molecule is COCC1(C)Cc2ncn(-c3cccc(C)c3P)c2C(=O)O1. The fourth-order valence-corrected chi connectivity index (χ4v) is 3.17. The number of aryl methyl sites for hydroxylation is 1. The number of cyclic esters (lactones) is 1. The number of methoxy groups -OCH3 is 1. The molecule has 2 unspecified atom stereocenters. The van der Waals surface area contributed by atoms with Gasteiger partial charge in [-0.1, -0.05) is 12.1 Å². The van der Waals surface area contributed by atoms with Crippen molar-refractivity contribution in [1.82, 2.24) is 9.55 Å². The molecule has 1 aromatic carbocycles. The number of aromatic nitrogens is 2. The minimum Gasteiger partial charge on any atom is -0.452 e. The van der Waals surface area contributed by atoms with Crippen molar-refractivity contribution in [3.63, 3.8) is 0 Å². The molecule has 5 nitrogen and oxygen atoms in total. The molecule has 2 atom stereocenters. The van der Waals surface area contributed by atoms with Gasteiger partial charge in [-0.2, -0.15) is 0 Å². The number of fused-ring (bicyclic) bond motifs is 1. The van der Waals surface area contributed by atoms with Crippen LogP contribution in [0, 0.1) is 6.92 Å². The number of ether oxygens (including phenoxy) is 2. The van der Waals surface area contributed by atoms with E-state index in [2.05, 4.69) is 14.2 Å². The lowest BCUT2D eigenvalue weighted by Gasteiger charge is -2.32. The topological polar surface area (TPSA) is 53.4 Å². The van der Waals surface area contributed by atoms with E-state index < -0.39 is 5.60 Å². The molecule has 0 saturated carbocycles. The van der Waals surface area contributed by atoms with E-state index in [1.165, 1.54) is 0 Å². The zero-order valence-electron chi connectivity index (χ0n) is 12.9. The Morgan fingerprint density at radius 1 is 1.50 bits per heavy atom. The Balaban J connectivity index is 2.08. The summed E-state index contributed by atoms with van der Waals surface area (Å²) in [6, 6.07) is 5.96. The average Bonchev–Trinajstić information content (AvgIpc) is 2.85. The molecule has 2 heterocycles. The molecule has 22 heavy (non-hydrogen) atoms. The summed E-state index contributed by atoms with van der Waals surface area (Å²) < 4.78 is 12.6. The van der Waals surface area contributed by atoms with Gasteiger partial charge in [0.1, 0.15) is 11.9 Å². The zero-order chi connectivity index (χ0) is 15.9. The quantitative estimate of drug-likeness (QED) is 0.640. The third-order valence-electron chi connectivity index (χ3n) is 3.93. The molecule has 0 N–H and O–H groups in total. The van der Waals surface area contributed by atoms with Crippen molar-refractivity contribution in [2.24, 2.45) is 0 Å². The minimum atomic E-state index is -0.658. The summed E-state index contributed by atoms with van der Waals surface area (Å²) in [7, 11) is 4.32. The maximum Gasteiger partial charge on any atom is 0.357 e. The Morgan fingerprint density at radius 2 is 2.27 bits per heavy atom. The summed E-state index contributed by atoms with van der Waals surface area (Å²) in [5.74, 6) is -0.357. The number of rotatable bonds is 3. The lowest BCUT2D eigenvalue weighted by Crippen LogP contribution is -2.43. The third kappa shape index (κ3) is 2.44. The van der Waals surface area contributed by atoms with E-state index in [4.69, 9.17) is 9.47 Å². The number of carbonyl (C=O) groups is 1. The van der Waals surface area contributed by atoms with Gasteiger partial charge in [-0.25, -0.2) is 9.78 Å². The molecule has 116 valence electrons. The number of hydrogen-bond acceptors (Lipinski definition) is 4. The van der Waals surface area contributed by atoms with Crippen molar-refractivity contribution in [2.75, 3.05) is 13.7 Å². The van der Waals surface area contributed by atoms with Crippen molar-refractivity contribution in [1.29, 1.82) is 0 Å². The predicted octanol–water partition coefficient (Wildman–Crippen LogP) is 1.80. The molecule has 0 spiro atoms. The van der Waals surface area contributed by atoms with E-state index in [1.807, 2.05) is 32.0 Å². The second kappa shape index (κ2) is 5.49. The second-order valence-corrected chi connectivity index (χ2v) is 6.44. The number of hydrogen-bond donors (Lipinski definition) is 0. The fraction of sp³-hybridized carbons (Fsp3) is 0.375. The molecular weight excluding hydrogens is 299 g/mol. The standard InChI is InChI=1S/C16H19N2O3P/c1-10-5-4-6-12(14(10)22)18-9-17-11-7-16(2,8-20-3)21-15(19)13(11)18/h4-6,9H,7-8,22H2,1-3H3. The van der Waals surface area contributed by atoms with Crippen LogP contribution in [-0.4, -0.2) is 34.8 Å². The number of benzene rings is 1. The monoisotopic (exact) mass is 318 g/mol. The molecule has 0 saturated heterocycles. The van der Waals surface area contributed by atoms with E-state index in [1.54, 1.807) is 18.0 Å². The molecular formula is C16H19N2O3P. The number of nitrogens with zero attached hydrogens (tertiary/aromatic N) is 2. The maximum atomic E-state index is 12.5. The normalized spacial score (nSPS) is 20.6. The molecule has 0 aliphatic carbocycles. The Labute approximate surface area is 131 Å². The first kappa shape index (κ1) is 15.2. The Morgan fingerprint density at radius 3 is 3.00 bits per heavy atom. The maximum absolute atomic E-state index is 12.5. The molecule has 1 aliphatic heterocycles. The molecule has 1 aromatic heterocycles. The number of esters is 1. The van der Waals surface area contributed by atoms with Crippen LogP contribution >= 0.6 is 9.24 Å². The first-order valence-electron chi connectivity index (χ1n) is 7.09. The van der Waals surface area contributed by atoms with Crippen LogP contribution in [-0.2, 0) is 15.9 Å². The molecule has 0 amide bonds. The van der Waals surface area contributed by atoms with Crippen molar-refractivity contribution in [2.45, 2.75) is 25.9 Å². The Bertz CT molecular complexity index is 741. The molecule has 6 heteroatoms. The molecule has 3 rings (SSSR count). The smallest absolute Gasteiger partial charge is 0.357 e. The van der Waals surface area contributed by atoms with Crippen LogP contribution in [0.25, 0.3) is 5.69 Å². The summed E-state index contributed by atoms with van der Waals surface area (Å²) in [5, 5.41) is 1.04. The van der Waals surface area contributed by atoms with Crippen molar-refractivity contribution < 1.29 is 14.3 Å². The van der Waals surface area contributed by atoms with Gasteiger partial charge in [-0.05, 0) is 30.8 Å². The van der Waals surface area contributed by atoms with Gasteiger partial charge in [-0.3, -0.25) is 4.57 Å². The van der Waals surface area contributed by atoms with E-state index >= 15 is 0 Å². The minimum absolute atomic E-state index is 0.352. The van der Waals surface area contributed by atoms with Crippen LogP contribution in [0.5, 0.6) is 0 Å². The summed E-state index contributed by atoms with van der Waals surface area (Å²) in [5.41, 5.74) is 2.66. The highest BCUT2D eigenvalue weighted by molar-refractivity contribution is 7.28. The van der Waals surface area contributed by atoms with Gasteiger partial charge in [0.05, 0.1) is 18.0 Å². The van der Waals surface area contributed by atoms with Gasteiger partial charge < -0.3 is 9.47 Å². The number of imidazole rings is 1. The van der Waals surface area contributed by atoms with Crippen LogP contribution in [0.4, 0.5) is 0 Å². The van der Waals surface area contributed by atoms with Crippen LogP contribution in [0.15, 0.2) is 24.5 Å². The number of carbonyl (C=O) groups excluding carboxylic acids is 1. The molecule has 2 aromatic rings. The van der Waals surface area contributed by atoms with Gasteiger partial charge in [-0.15, -0.1) is 9.24 Å². The first-order chi connectivity index (χ1) is 10.4. The van der Waals surface area contributed by atoms with E-state index in [9.17, 15) is 4.79 Å². The fourth-order valence-electron chi connectivity index (χ4n) is 2.84. The van der Waals surface area contributed by atoms with E-state index in [0.29, 0.717) is 18.7 Å². The average molecular weight is 318 g/mol. The van der Waals surface area contributed by atoms with Crippen molar-refractivity contribution in [3.8, 4) is 5.69 Å². The summed E-state index contributed by atoms with van der Waals surface area (Å²) in [6.45, 7) is 4.25. The lowest BCUT2D eigenvalue weighted by molar-refractivity contribution is -0.0529. The largest absolute Gasteiger partial charge is 0.452 e.